The Hall–Kier alpha value is -0.0400. The van der Waals surface area contributed by atoms with E-state index < -0.39 is 0 Å². The Labute approximate surface area is 142 Å². The van der Waals surface area contributed by atoms with Crippen LogP contribution >= 0.6 is 24.0 Å². The smallest absolute Gasteiger partial charge is 0.191 e. The molecule has 120 valence electrons. The minimum absolute atomic E-state index is 0. The second-order valence-corrected chi connectivity index (χ2v) is 6.07. The molecule has 1 saturated carbocycles. The topological polar surface area (TPSA) is 39.7 Å². The van der Waals surface area contributed by atoms with Crippen molar-refractivity contribution in [2.75, 3.05) is 26.7 Å². The molecule has 0 aromatic heterocycles. The molecule has 1 aliphatic carbocycles. The van der Waals surface area contributed by atoms with Gasteiger partial charge in [0, 0.05) is 25.2 Å². The summed E-state index contributed by atoms with van der Waals surface area (Å²) in [4.78, 5) is 7.15. The molecule has 1 atom stereocenters. The standard InChI is InChI=1S/C15H32N4.HI/c1-6-16-15(17-10-9-12(2)3)18-11-13(4)19(5)14-7-8-14;/h12-14H,6-11H2,1-5H3,(H2,16,17,18);1H. The van der Waals surface area contributed by atoms with Crippen LogP contribution in [0.25, 0.3) is 0 Å². The number of hydrogen-bond acceptors (Lipinski definition) is 2. The van der Waals surface area contributed by atoms with Gasteiger partial charge < -0.3 is 10.6 Å². The molecule has 2 N–H and O–H groups in total. The molecule has 0 aliphatic heterocycles. The largest absolute Gasteiger partial charge is 0.357 e. The highest BCUT2D eigenvalue weighted by Crippen LogP contribution is 2.26. The molecule has 1 fully saturated rings. The van der Waals surface area contributed by atoms with Gasteiger partial charge in [0.2, 0.25) is 0 Å². The third kappa shape index (κ3) is 8.29. The van der Waals surface area contributed by atoms with E-state index in [2.05, 4.69) is 50.3 Å². The van der Waals surface area contributed by atoms with Crippen LogP contribution in [0.3, 0.4) is 0 Å². The maximum Gasteiger partial charge on any atom is 0.191 e. The van der Waals surface area contributed by atoms with E-state index in [9.17, 15) is 0 Å². The molecule has 0 heterocycles. The van der Waals surface area contributed by atoms with E-state index in [0.717, 1.165) is 37.6 Å². The molecular formula is C15H33IN4. The highest BCUT2D eigenvalue weighted by Gasteiger charge is 2.28. The fourth-order valence-corrected chi connectivity index (χ4v) is 2.01. The summed E-state index contributed by atoms with van der Waals surface area (Å²) in [5, 5.41) is 6.73. The summed E-state index contributed by atoms with van der Waals surface area (Å²) >= 11 is 0. The summed E-state index contributed by atoms with van der Waals surface area (Å²) in [5.41, 5.74) is 0. The average Bonchev–Trinajstić information content (AvgIpc) is 3.18. The Bertz CT molecular complexity index is 277. The minimum atomic E-state index is 0. The quantitative estimate of drug-likeness (QED) is 0.377. The van der Waals surface area contributed by atoms with Crippen LogP contribution in [0.2, 0.25) is 0 Å². The lowest BCUT2D eigenvalue weighted by molar-refractivity contribution is 0.253. The van der Waals surface area contributed by atoms with Crippen molar-refractivity contribution < 1.29 is 0 Å². The summed E-state index contributed by atoms with van der Waals surface area (Å²) in [6.45, 7) is 11.6. The van der Waals surface area contributed by atoms with Crippen molar-refractivity contribution in [2.45, 2.75) is 59.0 Å². The van der Waals surface area contributed by atoms with Gasteiger partial charge in [-0.25, -0.2) is 0 Å². The van der Waals surface area contributed by atoms with Gasteiger partial charge in [0.05, 0.1) is 6.54 Å². The van der Waals surface area contributed by atoms with E-state index in [-0.39, 0.29) is 24.0 Å². The number of halogens is 1. The lowest BCUT2D eigenvalue weighted by atomic mass is 10.1. The monoisotopic (exact) mass is 396 g/mol. The highest BCUT2D eigenvalue weighted by molar-refractivity contribution is 14.0. The van der Waals surface area contributed by atoms with E-state index in [1.807, 2.05) is 0 Å². The number of hydrogen-bond donors (Lipinski definition) is 2. The molecule has 0 aromatic rings. The molecule has 0 radical (unpaired) electrons. The van der Waals surface area contributed by atoms with Crippen LogP contribution in [0, 0.1) is 5.92 Å². The molecule has 0 aromatic carbocycles. The molecule has 4 nitrogen and oxygen atoms in total. The van der Waals surface area contributed by atoms with Crippen molar-refractivity contribution in [1.82, 2.24) is 15.5 Å². The Balaban J connectivity index is 0.00000361. The fourth-order valence-electron chi connectivity index (χ4n) is 2.01. The number of nitrogens with zero attached hydrogens (tertiary/aromatic N) is 2. The number of aliphatic imine (C=N–C) groups is 1. The zero-order valence-corrected chi connectivity index (χ0v) is 16.1. The van der Waals surface area contributed by atoms with Crippen molar-refractivity contribution in [3.8, 4) is 0 Å². The first-order chi connectivity index (χ1) is 9.04. The van der Waals surface area contributed by atoms with E-state index in [1.54, 1.807) is 0 Å². The molecule has 0 bridgehead atoms. The Morgan fingerprint density at radius 1 is 1.25 bits per heavy atom. The van der Waals surface area contributed by atoms with E-state index >= 15 is 0 Å². The maximum atomic E-state index is 4.69. The number of likely N-dealkylation sites (N-methyl/N-ethyl adjacent to an activating group) is 1. The lowest BCUT2D eigenvalue weighted by Gasteiger charge is -2.23. The molecule has 1 rings (SSSR count). The Morgan fingerprint density at radius 3 is 2.40 bits per heavy atom. The van der Waals surface area contributed by atoms with Crippen LogP contribution in [0.5, 0.6) is 0 Å². The van der Waals surface area contributed by atoms with Crippen LogP contribution in [0.1, 0.15) is 47.0 Å². The zero-order valence-electron chi connectivity index (χ0n) is 13.8. The van der Waals surface area contributed by atoms with Crippen molar-refractivity contribution in [3.63, 3.8) is 0 Å². The highest BCUT2D eigenvalue weighted by atomic mass is 127. The van der Waals surface area contributed by atoms with Gasteiger partial charge in [0.15, 0.2) is 5.96 Å². The van der Waals surface area contributed by atoms with Gasteiger partial charge in [-0.1, -0.05) is 13.8 Å². The predicted octanol–water partition coefficient (Wildman–Crippen LogP) is 2.69. The van der Waals surface area contributed by atoms with Crippen LogP contribution in [0.4, 0.5) is 0 Å². The van der Waals surface area contributed by atoms with Crippen LogP contribution in [-0.2, 0) is 0 Å². The van der Waals surface area contributed by atoms with Gasteiger partial charge in [0.1, 0.15) is 0 Å². The molecule has 0 spiro atoms. The average molecular weight is 396 g/mol. The Morgan fingerprint density at radius 2 is 1.90 bits per heavy atom. The second kappa shape index (κ2) is 10.7. The molecular weight excluding hydrogens is 363 g/mol. The number of guanidine groups is 1. The summed E-state index contributed by atoms with van der Waals surface area (Å²) in [7, 11) is 2.22. The van der Waals surface area contributed by atoms with E-state index in [0.29, 0.717) is 6.04 Å². The second-order valence-electron chi connectivity index (χ2n) is 6.07. The first-order valence-electron chi connectivity index (χ1n) is 7.78. The van der Waals surface area contributed by atoms with Gasteiger partial charge in [-0.05, 0) is 46.1 Å². The molecule has 5 heteroatoms. The van der Waals surface area contributed by atoms with Crippen LogP contribution in [-0.4, -0.2) is 49.6 Å². The van der Waals surface area contributed by atoms with E-state index in [4.69, 9.17) is 4.99 Å². The van der Waals surface area contributed by atoms with Gasteiger partial charge in [-0.3, -0.25) is 9.89 Å². The summed E-state index contributed by atoms with van der Waals surface area (Å²) in [6.07, 6.45) is 3.90. The normalized spacial score (nSPS) is 17.1. The third-order valence-corrected chi connectivity index (χ3v) is 3.69. The summed E-state index contributed by atoms with van der Waals surface area (Å²) in [5.74, 6) is 1.69. The van der Waals surface area contributed by atoms with Crippen LogP contribution < -0.4 is 10.6 Å². The zero-order chi connectivity index (χ0) is 14.3. The Kier molecular flexibility index (Phi) is 10.6. The van der Waals surface area contributed by atoms with Crippen molar-refractivity contribution in [2.24, 2.45) is 10.9 Å². The fraction of sp³-hybridized carbons (Fsp3) is 0.933. The SMILES string of the molecule is CCNC(=NCC(C)N(C)C1CC1)NCCC(C)C.I. The van der Waals surface area contributed by atoms with Crippen LogP contribution in [0.15, 0.2) is 4.99 Å². The first kappa shape index (κ1) is 20.0. The van der Waals surface area contributed by atoms with Gasteiger partial charge >= 0.3 is 0 Å². The summed E-state index contributed by atoms with van der Waals surface area (Å²) in [6, 6.07) is 1.33. The molecule has 20 heavy (non-hydrogen) atoms. The van der Waals surface area contributed by atoms with E-state index in [1.165, 1.54) is 19.3 Å². The van der Waals surface area contributed by atoms with Crippen molar-refractivity contribution in [3.05, 3.63) is 0 Å². The van der Waals surface area contributed by atoms with Gasteiger partial charge in [-0.15, -0.1) is 24.0 Å². The molecule has 1 unspecified atom stereocenters. The third-order valence-electron chi connectivity index (χ3n) is 3.69. The molecule has 0 amide bonds. The minimum Gasteiger partial charge on any atom is -0.357 e. The number of nitrogens with one attached hydrogen (secondary N) is 2. The van der Waals surface area contributed by atoms with Crippen molar-refractivity contribution in [1.29, 1.82) is 0 Å². The molecule has 1 aliphatic rings. The first-order valence-corrected chi connectivity index (χ1v) is 7.78. The summed E-state index contributed by atoms with van der Waals surface area (Å²) < 4.78 is 0. The van der Waals surface area contributed by atoms with Crippen molar-refractivity contribution >= 4 is 29.9 Å². The predicted molar refractivity (Wildman–Crippen MR) is 99.1 cm³/mol. The number of rotatable bonds is 8. The molecule has 0 saturated heterocycles. The van der Waals surface area contributed by atoms with Gasteiger partial charge in [-0.2, -0.15) is 0 Å². The van der Waals surface area contributed by atoms with Gasteiger partial charge in [0.25, 0.3) is 0 Å². The maximum absolute atomic E-state index is 4.69. The lowest BCUT2D eigenvalue weighted by Crippen LogP contribution is -2.40.